The molecule has 1 aliphatic heterocycles. The number of aromatic nitrogens is 8. The van der Waals surface area contributed by atoms with E-state index in [4.69, 9.17) is 40.4 Å². The number of halogens is 1. The number of anilines is 2. The molecular formula is C32H43ClN10O5. The molecule has 1 aliphatic carbocycles. The summed E-state index contributed by atoms with van der Waals surface area (Å²) in [5.41, 5.74) is 2.13. The molecule has 0 spiro atoms. The maximum Gasteiger partial charge on any atom is 0.257 e. The van der Waals surface area contributed by atoms with Crippen molar-refractivity contribution in [1.82, 2.24) is 44.9 Å². The van der Waals surface area contributed by atoms with E-state index in [0.29, 0.717) is 61.3 Å². The quantitative estimate of drug-likeness (QED) is 0.169. The molecule has 0 bridgehead atoms. The molecule has 4 aromatic rings. The van der Waals surface area contributed by atoms with Gasteiger partial charge in [-0.15, -0.1) is 10.2 Å². The van der Waals surface area contributed by atoms with Crippen molar-refractivity contribution in [2.45, 2.75) is 57.3 Å². The molecule has 1 saturated carbocycles. The number of morpholine rings is 1. The number of methoxy groups -OCH3 is 1. The Bertz CT molecular complexity index is 1560. The Balaban J connectivity index is 1.19. The third-order valence-electron chi connectivity index (χ3n) is 8.59. The zero-order valence-electron chi connectivity index (χ0n) is 27.5. The van der Waals surface area contributed by atoms with Crippen LogP contribution < -0.4 is 14.8 Å². The number of hydrogen-bond donors (Lipinski definition) is 1. The van der Waals surface area contributed by atoms with Gasteiger partial charge in [-0.2, -0.15) is 0 Å². The smallest absolute Gasteiger partial charge is 0.257 e. The number of hydrogen-bond acceptors (Lipinski definition) is 13. The van der Waals surface area contributed by atoms with Crippen LogP contribution in [0.15, 0.2) is 43.1 Å². The highest BCUT2D eigenvalue weighted by Gasteiger charge is 2.42. The molecule has 2 aliphatic rings. The highest BCUT2D eigenvalue weighted by atomic mass is 35.5. The van der Waals surface area contributed by atoms with E-state index in [0.717, 1.165) is 63.1 Å². The van der Waals surface area contributed by atoms with Crippen LogP contribution in [0, 0.1) is 0 Å². The van der Waals surface area contributed by atoms with Crippen molar-refractivity contribution >= 4 is 23.2 Å². The third kappa shape index (κ3) is 8.39. The van der Waals surface area contributed by atoms with Gasteiger partial charge < -0.3 is 29.0 Å². The highest BCUT2D eigenvalue weighted by Crippen LogP contribution is 2.41. The van der Waals surface area contributed by atoms with E-state index in [1.165, 1.54) is 6.42 Å². The van der Waals surface area contributed by atoms with Crippen LogP contribution in [-0.2, 0) is 26.4 Å². The first-order valence-electron chi connectivity index (χ1n) is 16.4. The summed E-state index contributed by atoms with van der Waals surface area (Å²) in [5.74, 6) is 1.45. The minimum atomic E-state index is -0.238. The summed E-state index contributed by atoms with van der Waals surface area (Å²) in [4.78, 5) is 11.8. The number of nitrogens with zero attached hydrogens (tertiary/aromatic N) is 9. The zero-order chi connectivity index (χ0) is 33.2. The number of nitrogens with one attached hydrogen (secondary N) is 1. The SMILES string of the molecule is COCCOCCOc1nn(C2(N3CCOCC3)CCCCC2)cc1Nc1ncc(-c2ccc(Cl)c(OC(C)Cn3cnnn3)c2)cn1. The van der Waals surface area contributed by atoms with Crippen LogP contribution in [0.1, 0.15) is 39.0 Å². The van der Waals surface area contributed by atoms with Crippen LogP contribution in [0.5, 0.6) is 11.6 Å². The van der Waals surface area contributed by atoms with E-state index in [-0.39, 0.29) is 11.8 Å². The summed E-state index contributed by atoms with van der Waals surface area (Å²) in [6, 6.07) is 5.59. The molecular weight excluding hydrogens is 640 g/mol. The van der Waals surface area contributed by atoms with Crippen LogP contribution in [0.3, 0.4) is 0 Å². The molecule has 1 aromatic carbocycles. The van der Waals surface area contributed by atoms with E-state index < -0.39 is 0 Å². The normalized spacial score (nSPS) is 17.2. The average molecular weight is 683 g/mol. The summed E-state index contributed by atoms with van der Waals surface area (Å²) in [7, 11) is 1.65. The molecule has 258 valence electrons. The topological polar surface area (TPSA) is 149 Å². The molecule has 0 radical (unpaired) electrons. The van der Waals surface area contributed by atoms with Gasteiger partial charge in [0.1, 0.15) is 36.1 Å². The summed E-state index contributed by atoms with van der Waals surface area (Å²) in [5, 5.41) is 20.1. The lowest BCUT2D eigenvalue weighted by Gasteiger charge is -2.47. The van der Waals surface area contributed by atoms with Crippen LogP contribution in [0.2, 0.25) is 5.02 Å². The minimum absolute atomic E-state index is 0.214. The molecule has 1 unspecified atom stereocenters. The monoisotopic (exact) mass is 682 g/mol. The Morgan fingerprint density at radius 3 is 2.56 bits per heavy atom. The van der Waals surface area contributed by atoms with Crippen molar-refractivity contribution in [2.24, 2.45) is 0 Å². The number of ether oxygens (including phenoxy) is 5. The van der Waals surface area contributed by atoms with E-state index in [1.807, 2.05) is 25.3 Å². The molecule has 1 saturated heterocycles. The Hall–Kier alpha value is -3.89. The maximum absolute atomic E-state index is 6.47. The molecule has 2 fully saturated rings. The molecule has 1 atom stereocenters. The van der Waals surface area contributed by atoms with E-state index in [1.54, 1.807) is 36.6 Å². The van der Waals surface area contributed by atoms with Crippen LogP contribution in [-0.4, -0.2) is 111 Å². The van der Waals surface area contributed by atoms with E-state index in [2.05, 4.69) is 40.4 Å². The van der Waals surface area contributed by atoms with Crippen molar-refractivity contribution in [1.29, 1.82) is 0 Å². The standard InChI is InChI=1S/C32H43ClN10O5/c1-24(21-42-23-36-39-40-42)48-29-18-25(6-7-27(29)33)26-19-34-31(35-20-26)37-28-22-43(38-30(28)47-17-16-46-15-14-44-2)32(8-4-3-5-9-32)41-10-12-45-13-11-41/h6-7,18-20,22-24H,3-5,8-17,21H2,1-2H3,(H,34,35,37). The van der Waals surface area contributed by atoms with E-state index >= 15 is 0 Å². The van der Waals surface area contributed by atoms with Crippen molar-refractivity contribution < 1.29 is 23.7 Å². The summed E-state index contributed by atoms with van der Waals surface area (Å²) in [6.45, 7) is 7.37. The Morgan fingerprint density at radius 2 is 1.81 bits per heavy atom. The van der Waals surface area contributed by atoms with E-state index in [9.17, 15) is 0 Å². The Morgan fingerprint density at radius 1 is 1.02 bits per heavy atom. The van der Waals surface area contributed by atoms with Gasteiger partial charge in [-0.25, -0.2) is 19.3 Å². The van der Waals surface area contributed by atoms with Crippen LogP contribution >= 0.6 is 11.6 Å². The minimum Gasteiger partial charge on any atom is -0.487 e. The highest BCUT2D eigenvalue weighted by molar-refractivity contribution is 6.32. The van der Waals surface area contributed by atoms with Gasteiger partial charge in [-0.3, -0.25) is 4.90 Å². The number of benzene rings is 1. The predicted molar refractivity (Wildman–Crippen MR) is 178 cm³/mol. The molecule has 15 nitrogen and oxygen atoms in total. The van der Waals surface area contributed by atoms with Gasteiger partial charge in [0.05, 0.1) is 50.8 Å². The first kappa shape index (κ1) is 34.0. The molecule has 6 rings (SSSR count). The second-order valence-electron chi connectivity index (χ2n) is 11.9. The lowest BCUT2D eigenvalue weighted by Crippen LogP contribution is -2.56. The van der Waals surface area contributed by atoms with Crippen molar-refractivity contribution in [3.05, 3.63) is 48.1 Å². The van der Waals surface area contributed by atoms with Gasteiger partial charge in [0, 0.05) is 38.2 Å². The van der Waals surface area contributed by atoms with Crippen molar-refractivity contribution in [3.8, 4) is 22.8 Å². The summed E-state index contributed by atoms with van der Waals surface area (Å²) in [6.07, 6.45) is 12.4. The fourth-order valence-corrected chi connectivity index (χ4v) is 6.37. The van der Waals surface area contributed by atoms with Gasteiger partial charge in [0.15, 0.2) is 0 Å². The third-order valence-corrected chi connectivity index (χ3v) is 8.90. The Kier molecular flexibility index (Phi) is 11.7. The maximum atomic E-state index is 6.47. The predicted octanol–water partition coefficient (Wildman–Crippen LogP) is 4.18. The molecule has 48 heavy (non-hydrogen) atoms. The first-order valence-corrected chi connectivity index (χ1v) is 16.8. The molecule has 16 heteroatoms. The van der Waals surface area contributed by atoms with Crippen molar-refractivity contribution in [3.63, 3.8) is 0 Å². The largest absolute Gasteiger partial charge is 0.487 e. The van der Waals surface area contributed by atoms with Gasteiger partial charge in [0.2, 0.25) is 5.95 Å². The van der Waals surface area contributed by atoms with Crippen LogP contribution in [0.25, 0.3) is 11.1 Å². The molecule has 0 amide bonds. The fraction of sp³-hybridized carbons (Fsp3) is 0.562. The lowest BCUT2D eigenvalue weighted by atomic mass is 9.87. The average Bonchev–Trinajstić information content (AvgIpc) is 3.78. The van der Waals surface area contributed by atoms with Gasteiger partial charge >= 0.3 is 0 Å². The van der Waals surface area contributed by atoms with Gasteiger partial charge in [0.25, 0.3) is 5.88 Å². The summed E-state index contributed by atoms with van der Waals surface area (Å²) >= 11 is 6.47. The van der Waals surface area contributed by atoms with Gasteiger partial charge in [-0.1, -0.05) is 24.1 Å². The second kappa shape index (κ2) is 16.5. The molecule has 3 aromatic heterocycles. The first-order chi connectivity index (χ1) is 23.5. The van der Waals surface area contributed by atoms with Crippen molar-refractivity contribution in [2.75, 3.05) is 65.2 Å². The Labute approximate surface area is 284 Å². The fourth-order valence-electron chi connectivity index (χ4n) is 6.21. The number of tetrazole rings is 1. The molecule has 1 N–H and O–H groups in total. The lowest BCUT2D eigenvalue weighted by molar-refractivity contribution is -0.0837. The number of rotatable bonds is 16. The van der Waals surface area contributed by atoms with Gasteiger partial charge in [-0.05, 0) is 60.7 Å². The zero-order valence-corrected chi connectivity index (χ0v) is 28.2. The molecule has 4 heterocycles. The van der Waals surface area contributed by atoms with Crippen LogP contribution in [0.4, 0.5) is 11.6 Å². The second-order valence-corrected chi connectivity index (χ2v) is 12.3. The summed E-state index contributed by atoms with van der Waals surface area (Å²) < 4.78 is 32.4.